The summed E-state index contributed by atoms with van der Waals surface area (Å²) in [5, 5.41) is 1.97. The Bertz CT molecular complexity index is 721. The van der Waals surface area contributed by atoms with Gasteiger partial charge in [0, 0.05) is 24.2 Å². The molecule has 0 aliphatic rings. The number of sulfonamides is 1. The van der Waals surface area contributed by atoms with Gasteiger partial charge >= 0.3 is 0 Å². The molecule has 2 N–H and O–H groups in total. The van der Waals surface area contributed by atoms with Gasteiger partial charge in [0.25, 0.3) is 0 Å². The van der Waals surface area contributed by atoms with Crippen molar-refractivity contribution in [1.29, 1.82) is 0 Å². The SMILES string of the molecule is Cc1ccsc1CN(C)S(=O)(=O)c1cccc(N)c1C. The Kier molecular flexibility index (Phi) is 4.17. The van der Waals surface area contributed by atoms with Gasteiger partial charge in [0.15, 0.2) is 0 Å². The van der Waals surface area contributed by atoms with Crippen LogP contribution in [0, 0.1) is 13.8 Å². The lowest BCUT2D eigenvalue weighted by Gasteiger charge is -2.19. The summed E-state index contributed by atoms with van der Waals surface area (Å²) in [6, 6.07) is 6.96. The first-order valence-corrected chi connectivity index (χ1v) is 8.50. The Morgan fingerprint density at radius 3 is 2.55 bits per heavy atom. The number of hydrogen-bond acceptors (Lipinski definition) is 4. The van der Waals surface area contributed by atoms with Crippen LogP contribution in [0.3, 0.4) is 0 Å². The van der Waals surface area contributed by atoms with Crippen LogP contribution in [0.15, 0.2) is 34.5 Å². The van der Waals surface area contributed by atoms with E-state index >= 15 is 0 Å². The standard InChI is InChI=1S/C14H18N2O2S2/c1-10-7-8-19-13(10)9-16(3)20(17,18)14-6-4-5-12(15)11(14)2/h4-8H,9,15H2,1-3H3. The highest BCUT2D eigenvalue weighted by atomic mass is 32.2. The first-order valence-electron chi connectivity index (χ1n) is 6.18. The normalized spacial score (nSPS) is 12.0. The smallest absolute Gasteiger partial charge is 0.243 e. The molecule has 0 radical (unpaired) electrons. The fourth-order valence-corrected chi connectivity index (χ4v) is 4.36. The summed E-state index contributed by atoms with van der Waals surface area (Å²) >= 11 is 1.57. The monoisotopic (exact) mass is 310 g/mol. The van der Waals surface area contributed by atoms with E-state index in [1.54, 1.807) is 43.5 Å². The molecule has 0 aliphatic carbocycles. The van der Waals surface area contributed by atoms with Crippen LogP contribution in [0.1, 0.15) is 16.0 Å². The van der Waals surface area contributed by atoms with Crippen molar-refractivity contribution in [2.75, 3.05) is 12.8 Å². The van der Waals surface area contributed by atoms with Gasteiger partial charge in [-0.05, 0) is 48.6 Å². The summed E-state index contributed by atoms with van der Waals surface area (Å²) in [7, 11) is -1.93. The summed E-state index contributed by atoms with van der Waals surface area (Å²) in [5.41, 5.74) is 8.00. The molecule has 0 spiro atoms. The maximum absolute atomic E-state index is 12.6. The maximum atomic E-state index is 12.6. The van der Waals surface area contributed by atoms with Crippen molar-refractivity contribution in [2.45, 2.75) is 25.3 Å². The first kappa shape index (κ1) is 15.0. The molecule has 2 rings (SSSR count). The van der Waals surface area contributed by atoms with E-state index in [4.69, 9.17) is 5.73 Å². The van der Waals surface area contributed by atoms with E-state index in [1.165, 1.54) is 4.31 Å². The Morgan fingerprint density at radius 1 is 1.25 bits per heavy atom. The topological polar surface area (TPSA) is 63.4 Å². The van der Waals surface area contributed by atoms with Crippen molar-refractivity contribution in [1.82, 2.24) is 4.31 Å². The zero-order valence-electron chi connectivity index (χ0n) is 11.8. The highest BCUT2D eigenvalue weighted by Crippen LogP contribution is 2.25. The third-order valence-electron chi connectivity index (χ3n) is 3.35. The summed E-state index contributed by atoms with van der Waals surface area (Å²) in [6.07, 6.45) is 0. The molecule has 0 amide bonds. The minimum atomic E-state index is -3.52. The minimum Gasteiger partial charge on any atom is -0.398 e. The lowest BCUT2D eigenvalue weighted by molar-refractivity contribution is 0.468. The van der Waals surface area contributed by atoms with Crippen molar-refractivity contribution in [3.05, 3.63) is 45.6 Å². The van der Waals surface area contributed by atoms with Gasteiger partial charge in [-0.1, -0.05) is 6.07 Å². The number of hydrogen-bond donors (Lipinski definition) is 1. The number of rotatable bonds is 4. The van der Waals surface area contributed by atoms with Crippen LogP contribution < -0.4 is 5.73 Å². The number of nitrogen functional groups attached to an aromatic ring is 1. The number of thiophene rings is 1. The first-order chi connectivity index (χ1) is 9.34. The lowest BCUT2D eigenvalue weighted by Crippen LogP contribution is -2.27. The molecule has 0 aliphatic heterocycles. The van der Waals surface area contributed by atoms with E-state index in [2.05, 4.69) is 0 Å². The summed E-state index contributed by atoms with van der Waals surface area (Å²) in [5.74, 6) is 0. The molecule has 2 aromatic rings. The van der Waals surface area contributed by atoms with Gasteiger partial charge in [-0.25, -0.2) is 8.42 Å². The Balaban J connectivity index is 2.35. The Hall–Kier alpha value is -1.37. The molecule has 1 heterocycles. The van der Waals surface area contributed by atoms with Crippen LogP contribution in [-0.4, -0.2) is 19.8 Å². The van der Waals surface area contributed by atoms with Gasteiger partial charge < -0.3 is 5.73 Å². The molecule has 0 bridgehead atoms. The maximum Gasteiger partial charge on any atom is 0.243 e. The van der Waals surface area contributed by atoms with Gasteiger partial charge in [-0.2, -0.15) is 4.31 Å². The molecule has 6 heteroatoms. The molecular weight excluding hydrogens is 292 g/mol. The van der Waals surface area contributed by atoms with Gasteiger partial charge in [-0.15, -0.1) is 11.3 Å². The van der Waals surface area contributed by atoms with Crippen LogP contribution in [0.5, 0.6) is 0 Å². The van der Waals surface area contributed by atoms with Crippen molar-refractivity contribution >= 4 is 27.0 Å². The zero-order valence-corrected chi connectivity index (χ0v) is 13.4. The molecule has 0 saturated carbocycles. The Morgan fingerprint density at radius 2 is 1.95 bits per heavy atom. The average Bonchev–Trinajstić information content (AvgIpc) is 2.78. The van der Waals surface area contributed by atoms with E-state index in [0.717, 1.165) is 10.4 Å². The largest absolute Gasteiger partial charge is 0.398 e. The molecular formula is C14H18N2O2S2. The second-order valence-electron chi connectivity index (χ2n) is 4.76. The molecule has 0 unspecified atom stereocenters. The van der Waals surface area contributed by atoms with Gasteiger partial charge in [0.05, 0.1) is 4.90 Å². The zero-order chi connectivity index (χ0) is 14.9. The third-order valence-corrected chi connectivity index (χ3v) is 6.30. The van der Waals surface area contributed by atoms with Gasteiger partial charge in [0.1, 0.15) is 0 Å². The summed E-state index contributed by atoms with van der Waals surface area (Å²) in [6.45, 7) is 4.09. The molecule has 0 saturated heterocycles. The molecule has 20 heavy (non-hydrogen) atoms. The molecule has 4 nitrogen and oxygen atoms in total. The quantitative estimate of drug-likeness (QED) is 0.883. The number of anilines is 1. The van der Waals surface area contributed by atoms with E-state index in [0.29, 0.717) is 17.8 Å². The predicted molar refractivity (Wildman–Crippen MR) is 83.3 cm³/mol. The third kappa shape index (κ3) is 2.72. The fraction of sp³-hybridized carbons (Fsp3) is 0.286. The van der Waals surface area contributed by atoms with Gasteiger partial charge in [0.2, 0.25) is 10.0 Å². The number of nitrogens with zero attached hydrogens (tertiary/aromatic N) is 1. The lowest BCUT2D eigenvalue weighted by atomic mass is 10.2. The number of nitrogens with two attached hydrogens (primary N) is 1. The van der Waals surface area contributed by atoms with Crippen molar-refractivity contribution in [2.24, 2.45) is 0 Å². The van der Waals surface area contributed by atoms with Crippen LogP contribution in [0.2, 0.25) is 0 Å². The van der Waals surface area contributed by atoms with Crippen molar-refractivity contribution in [3.8, 4) is 0 Å². The van der Waals surface area contributed by atoms with E-state index in [9.17, 15) is 8.42 Å². The second kappa shape index (κ2) is 5.55. The van der Waals surface area contributed by atoms with Crippen molar-refractivity contribution in [3.63, 3.8) is 0 Å². The number of benzene rings is 1. The van der Waals surface area contributed by atoms with Crippen LogP contribution in [0.25, 0.3) is 0 Å². The van der Waals surface area contributed by atoms with Gasteiger partial charge in [-0.3, -0.25) is 0 Å². The van der Waals surface area contributed by atoms with Crippen LogP contribution in [-0.2, 0) is 16.6 Å². The fourth-order valence-electron chi connectivity index (χ4n) is 1.93. The van der Waals surface area contributed by atoms with E-state index < -0.39 is 10.0 Å². The van der Waals surface area contributed by atoms with E-state index in [1.807, 2.05) is 18.4 Å². The molecule has 1 aromatic heterocycles. The second-order valence-corrected chi connectivity index (χ2v) is 7.77. The van der Waals surface area contributed by atoms with Crippen LogP contribution >= 0.6 is 11.3 Å². The van der Waals surface area contributed by atoms with E-state index in [-0.39, 0.29) is 4.90 Å². The minimum absolute atomic E-state index is 0.272. The molecule has 108 valence electrons. The van der Waals surface area contributed by atoms with Crippen LogP contribution in [0.4, 0.5) is 5.69 Å². The summed E-state index contributed by atoms with van der Waals surface area (Å²) < 4.78 is 26.6. The predicted octanol–water partition coefficient (Wildman–Crippen LogP) is 2.77. The highest BCUT2D eigenvalue weighted by Gasteiger charge is 2.24. The number of aryl methyl sites for hydroxylation is 1. The molecule has 0 fully saturated rings. The Labute approximate surface area is 123 Å². The molecule has 1 aromatic carbocycles. The highest BCUT2D eigenvalue weighted by molar-refractivity contribution is 7.89. The summed E-state index contributed by atoms with van der Waals surface area (Å²) in [4.78, 5) is 1.33. The average molecular weight is 310 g/mol. The molecule has 0 atom stereocenters. The van der Waals surface area contributed by atoms with Crippen molar-refractivity contribution < 1.29 is 8.42 Å².